The van der Waals surface area contributed by atoms with Crippen LogP contribution in [-0.2, 0) is 16.0 Å². The number of anilines is 1. The third-order valence-corrected chi connectivity index (χ3v) is 4.76. The molecule has 1 aliphatic heterocycles. The van der Waals surface area contributed by atoms with Crippen LogP contribution in [0, 0.1) is 5.92 Å². The molecule has 3 rings (SSSR count). The van der Waals surface area contributed by atoms with Gasteiger partial charge in [0.2, 0.25) is 11.8 Å². The van der Waals surface area contributed by atoms with Crippen molar-refractivity contribution < 1.29 is 23.1 Å². The molecule has 7 heteroatoms. The molecule has 148 valence electrons. The van der Waals surface area contributed by atoms with Gasteiger partial charge in [-0.05, 0) is 42.7 Å². The van der Waals surface area contributed by atoms with Gasteiger partial charge in [0.25, 0.3) is 0 Å². The maximum absolute atomic E-state index is 12.5. The molecule has 2 aromatic carbocycles. The lowest BCUT2D eigenvalue weighted by Gasteiger charge is -2.31. The number of nitrogens with one attached hydrogen (secondary N) is 1. The summed E-state index contributed by atoms with van der Waals surface area (Å²) >= 11 is 0. The zero-order valence-electron chi connectivity index (χ0n) is 15.3. The number of nitrogens with zero attached hydrogens (tertiary/aromatic N) is 1. The van der Waals surface area contributed by atoms with E-state index in [1.807, 2.05) is 30.3 Å². The number of benzene rings is 2. The molecule has 0 atom stereocenters. The van der Waals surface area contributed by atoms with Gasteiger partial charge < -0.3 is 15.0 Å². The largest absolute Gasteiger partial charge is 0.435 e. The molecule has 0 unspecified atom stereocenters. The summed E-state index contributed by atoms with van der Waals surface area (Å²) < 4.78 is 28.6. The minimum atomic E-state index is -2.87. The van der Waals surface area contributed by atoms with Crippen molar-refractivity contribution in [1.29, 1.82) is 0 Å². The van der Waals surface area contributed by atoms with Gasteiger partial charge in [0.15, 0.2) is 0 Å². The summed E-state index contributed by atoms with van der Waals surface area (Å²) in [6.07, 6.45) is 1.42. The minimum Gasteiger partial charge on any atom is -0.435 e. The summed E-state index contributed by atoms with van der Waals surface area (Å²) in [5.41, 5.74) is 1.50. The Balaban J connectivity index is 1.46. The second kappa shape index (κ2) is 9.30. The lowest BCUT2D eigenvalue weighted by molar-refractivity contribution is -0.133. The number of carbonyl (C=O) groups excluding carboxylic acids is 2. The normalized spacial score (nSPS) is 14.8. The predicted molar refractivity (Wildman–Crippen MR) is 101 cm³/mol. The van der Waals surface area contributed by atoms with Gasteiger partial charge in [0, 0.05) is 24.7 Å². The smallest absolute Gasteiger partial charge is 0.387 e. The molecule has 1 fully saturated rings. The van der Waals surface area contributed by atoms with Crippen LogP contribution in [0.2, 0.25) is 0 Å². The van der Waals surface area contributed by atoms with Gasteiger partial charge in [-0.2, -0.15) is 8.78 Å². The maximum atomic E-state index is 12.5. The second-order valence-corrected chi connectivity index (χ2v) is 6.71. The van der Waals surface area contributed by atoms with Crippen molar-refractivity contribution in [2.24, 2.45) is 5.92 Å². The van der Waals surface area contributed by atoms with E-state index in [4.69, 9.17) is 0 Å². The van der Waals surface area contributed by atoms with Crippen molar-refractivity contribution in [2.75, 3.05) is 18.4 Å². The number of halogens is 2. The Bertz CT molecular complexity index is 789. The first-order valence-corrected chi connectivity index (χ1v) is 9.18. The van der Waals surface area contributed by atoms with E-state index in [0.29, 0.717) is 25.9 Å². The number of likely N-dealkylation sites (tertiary alicyclic amines) is 1. The first kappa shape index (κ1) is 19.8. The lowest BCUT2D eigenvalue weighted by Crippen LogP contribution is -2.42. The molecular formula is C21H22F2N2O3. The third-order valence-electron chi connectivity index (χ3n) is 4.76. The van der Waals surface area contributed by atoms with Gasteiger partial charge in [0.1, 0.15) is 5.75 Å². The number of para-hydroxylation sites is 1. The van der Waals surface area contributed by atoms with Gasteiger partial charge in [-0.15, -0.1) is 0 Å². The maximum Gasteiger partial charge on any atom is 0.387 e. The summed E-state index contributed by atoms with van der Waals surface area (Å²) in [6, 6.07) is 15.4. The topological polar surface area (TPSA) is 58.6 Å². The van der Waals surface area contributed by atoms with Crippen molar-refractivity contribution in [3.05, 3.63) is 60.2 Å². The average molecular weight is 388 g/mol. The highest BCUT2D eigenvalue weighted by Crippen LogP contribution is 2.21. The Kier molecular flexibility index (Phi) is 6.57. The van der Waals surface area contributed by atoms with Crippen LogP contribution < -0.4 is 10.1 Å². The zero-order chi connectivity index (χ0) is 19.9. The lowest BCUT2D eigenvalue weighted by atomic mass is 9.95. The monoisotopic (exact) mass is 388 g/mol. The molecule has 2 aromatic rings. The fourth-order valence-electron chi connectivity index (χ4n) is 3.23. The van der Waals surface area contributed by atoms with Crippen LogP contribution >= 0.6 is 0 Å². The van der Waals surface area contributed by atoms with Crippen LogP contribution in [0.15, 0.2) is 54.6 Å². The quantitative estimate of drug-likeness (QED) is 0.821. The molecule has 1 heterocycles. The van der Waals surface area contributed by atoms with Crippen LogP contribution in [0.1, 0.15) is 18.4 Å². The number of hydrogen-bond donors (Lipinski definition) is 1. The summed E-state index contributed by atoms with van der Waals surface area (Å²) in [5, 5.41) is 2.91. The summed E-state index contributed by atoms with van der Waals surface area (Å²) in [5.74, 6) is -0.108. The number of amides is 2. The summed E-state index contributed by atoms with van der Waals surface area (Å²) in [7, 11) is 0. The second-order valence-electron chi connectivity index (χ2n) is 6.71. The first-order valence-electron chi connectivity index (χ1n) is 9.18. The zero-order valence-corrected chi connectivity index (χ0v) is 15.3. The van der Waals surface area contributed by atoms with Crippen molar-refractivity contribution in [2.45, 2.75) is 25.9 Å². The van der Waals surface area contributed by atoms with E-state index in [1.165, 1.54) is 12.1 Å². The molecule has 0 bridgehead atoms. The molecule has 28 heavy (non-hydrogen) atoms. The Hall–Kier alpha value is -2.96. The van der Waals surface area contributed by atoms with E-state index >= 15 is 0 Å². The van der Waals surface area contributed by atoms with Crippen LogP contribution in [0.5, 0.6) is 5.75 Å². The van der Waals surface area contributed by atoms with E-state index in [1.54, 1.807) is 17.0 Å². The molecule has 5 nitrogen and oxygen atoms in total. The number of rotatable bonds is 6. The van der Waals surface area contributed by atoms with Crippen LogP contribution in [0.3, 0.4) is 0 Å². The Morgan fingerprint density at radius 3 is 2.29 bits per heavy atom. The van der Waals surface area contributed by atoms with Crippen molar-refractivity contribution in [3.63, 3.8) is 0 Å². The van der Waals surface area contributed by atoms with E-state index in [-0.39, 0.29) is 29.9 Å². The number of piperidine rings is 1. The number of alkyl halides is 2. The molecule has 1 N–H and O–H groups in total. The van der Waals surface area contributed by atoms with Gasteiger partial charge in [-0.3, -0.25) is 9.59 Å². The molecule has 0 aliphatic carbocycles. The standard InChI is InChI=1S/C21H22F2N2O3/c22-21(23)28-18-8-6-15(7-9-18)14-19(26)25-12-10-16(11-13-25)20(27)24-17-4-2-1-3-5-17/h1-9,16,21H,10-14H2,(H,24,27). The highest BCUT2D eigenvalue weighted by molar-refractivity contribution is 5.92. The van der Waals surface area contributed by atoms with Gasteiger partial charge in [0.05, 0.1) is 6.42 Å². The molecule has 1 aliphatic rings. The Morgan fingerprint density at radius 1 is 1.04 bits per heavy atom. The summed E-state index contributed by atoms with van der Waals surface area (Å²) in [6.45, 7) is -1.82. The molecule has 2 amide bonds. The molecule has 1 saturated heterocycles. The molecule has 0 radical (unpaired) electrons. The SMILES string of the molecule is O=C(Nc1ccccc1)C1CCN(C(=O)Cc2ccc(OC(F)F)cc2)CC1. The van der Waals surface area contributed by atoms with Crippen molar-refractivity contribution >= 4 is 17.5 Å². The van der Waals surface area contributed by atoms with E-state index in [2.05, 4.69) is 10.1 Å². The Labute approximate surface area is 162 Å². The fraction of sp³-hybridized carbons (Fsp3) is 0.333. The molecule has 0 spiro atoms. The number of ether oxygens (including phenoxy) is 1. The van der Waals surface area contributed by atoms with E-state index < -0.39 is 6.61 Å². The predicted octanol–water partition coefficient (Wildman–Crippen LogP) is 3.71. The van der Waals surface area contributed by atoms with E-state index in [9.17, 15) is 18.4 Å². The van der Waals surface area contributed by atoms with Crippen molar-refractivity contribution in [1.82, 2.24) is 4.90 Å². The molecule has 0 aromatic heterocycles. The van der Waals surface area contributed by atoms with E-state index in [0.717, 1.165) is 11.3 Å². The number of carbonyl (C=O) groups is 2. The molecular weight excluding hydrogens is 366 g/mol. The van der Waals surface area contributed by atoms with Gasteiger partial charge in [-0.1, -0.05) is 30.3 Å². The average Bonchev–Trinajstić information content (AvgIpc) is 2.70. The van der Waals surface area contributed by atoms with Crippen LogP contribution in [0.25, 0.3) is 0 Å². The minimum absolute atomic E-state index is 0.0204. The van der Waals surface area contributed by atoms with Gasteiger partial charge >= 0.3 is 6.61 Å². The number of hydrogen-bond acceptors (Lipinski definition) is 3. The molecule has 0 saturated carbocycles. The van der Waals surface area contributed by atoms with Gasteiger partial charge in [-0.25, -0.2) is 0 Å². The Morgan fingerprint density at radius 2 is 1.68 bits per heavy atom. The van der Waals surface area contributed by atoms with Crippen LogP contribution in [-0.4, -0.2) is 36.4 Å². The van der Waals surface area contributed by atoms with Crippen LogP contribution in [0.4, 0.5) is 14.5 Å². The highest BCUT2D eigenvalue weighted by atomic mass is 19.3. The highest BCUT2D eigenvalue weighted by Gasteiger charge is 2.27. The summed E-state index contributed by atoms with van der Waals surface area (Å²) in [4.78, 5) is 26.6. The third kappa shape index (κ3) is 5.52. The fourth-order valence-corrected chi connectivity index (χ4v) is 3.23. The first-order chi connectivity index (χ1) is 13.5. The van der Waals surface area contributed by atoms with Crippen molar-refractivity contribution in [3.8, 4) is 5.75 Å².